The summed E-state index contributed by atoms with van der Waals surface area (Å²) in [5.41, 5.74) is -0.490. The van der Waals surface area contributed by atoms with Crippen LogP contribution in [0.3, 0.4) is 0 Å². The largest absolute Gasteiger partial charge is 0.389 e. The van der Waals surface area contributed by atoms with Crippen LogP contribution in [0.15, 0.2) is 5.16 Å². The second kappa shape index (κ2) is 4.55. The van der Waals surface area contributed by atoms with Crippen LogP contribution in [-0.2, 0) is 34.1 Å². The van der Waals surface area contributed by atoms with Crippen molar-refractivity contribution >= 4 is 14.9 Å². The van der Waals surface area contributed by atoms with Gasteiger partial charge in [-0.1, -0.05) is 5.16 Å². The quantitative estimate of drug-likeness (QED) is 0.818. The molecule has 1 aliphatic rings. The van der Waals surface area contributed by atoms with Crippen LogP contribution in [0.25, 0.3) is 0 Å². The van der Waals surface area contributed by atoms with Gasteiger partial charge < -0.3 is 4.84 Å². The Morgan fingerprint density at radius 3 is 2.53 bits per heavy atom. The van der Waals surface area contributed by atoms with E-state index in [1.807, 2.05) is 0 Å². The van der Waals surface area contributed by atoms with Crippen LogP contribution in [0.4, 0.5) is 4.39 Å². The highest BCUT2D eigenvalue weighted by Gasteiger charge is 2.36. The van der Waals surface area contributed by atoms with Crippen LogP contribution < -0.4 is 0 Å². The number of aromatic nitrogens is 3. The molecule has 2 heterocycles. The molecule has 0 bridgehead atoms. The molecule has 9 heteroatoms. The normalized spacial score (nSPS) is 18.2. The van der Waals surface area contributed by atoms with E-state index in [2.05, 4.69) is 15.4 Å². The molecule has 0 fully saturated rings. The van der Waals surface area contributed by atoms with Gasteiger partial charge in [0, 0.05) is 13.5 Å². The fourth-order valence-electron chi connectivity index (χ4n) is 1.74. The molecule has 19 heavy (non-hydrogen) atoms. The molecule has 106 valence electrons. The van der Waals surface area contributed by atoms with Gasteiger partial charge in [-0.15, -0.1) is 0 Å². The maximum atomic E-state index is 12.7. The van der Waals surface area contributed by atoms with E-state index in [1.165, 1.54) is 7.05 Å². The molecule has 1 aromatic heterocycles. The Kier molecular flexibility index (Phi) is 3.33. The summed E-state index contributed by atoms with van der Waals surface area (Å²) >= 11 is 0. The standard InChI is InChI=1S/C10H15FN4O3S/c1-10(2)4-9(14-18-10)19(16,17)6-8-7(5-11)12-15(3)13-8/h4-6H2,1-3H3. The van der Waals surface area contributed by atoms with Crippen LogP contribution in [0, 0.1) is 0 Å². The van der Waals surface area contributed by atoms with Gasteiger partial charge >= 0.3 is 0 Å². The lowest BCUT2D eigenvalue weighted by atomic mass is 10.1. The van der Waals surface area contributed by atoms with E-state index in [4.69, 9.17) is 4.84 Å². The third-order valence-electron chi connectivity index (χ3n) is 2.65. The minimum atomic E-state index is -3.66. The van der Waals surface area contributed by atoms with Gasteiger partial charge in [-0.05, 0) is 13.8 Å². The van der Waals surface area contributed by atoms with Crippen LogP contribution in [0.5, 0.6) is 0 Å². The molecule has 0 unspecified atom stereocenters. The number of alkyl halides is 1. The number of hydrogen-bond acceptors (Lipinski definition) is 6. The second-order valence-corrected chi connectivity index (χ2v) is 6.98. The molecule has 2 rings (SSSR count). The third-order valence-corrected chi connectivity index (χ3v) is 4.24. The molecule has 0 atom stereocenters. The third kappa shape index (κ3) is 2.91. The SMILES string of the molecule is Cn1nc(CF)c(CS(=O)(=O)C2=NOC(C)(C)C2)n1. The molecule has 7 nitrogen and oxygen atoms in total. The van der Waals surface area contributed by atoms with Gasteiger partial charge in [0.1, 0.15) is 29.4 Å². The summed E-state index contributed by atoms with van der Waals surface area (Å²) < 4.78 is 37.0. The Morgan fingerprint density at radius 2 is 2.00 bits per heavy atom. The molecule has 0 aliphatic carbocycles. The maximum absolute atomic E-state index is 12.7. The number of rotatable bonds is 3. The van der Waals surface area contributed by atoms with Crippen molar-refractivity contribution in [3.05, 3.63) is 11.4 Å². The Labute approximate surface area is 110 Å². The molecule has 1 aromatic rings. The molecule has 1 aliphatic heterocycles. The van der Waals surface area contributed by atoms with Crippen molar-refractivity contribution < 1.29 is 17.6 Å². The van der Waals surface area contributed by atoms with E-state index in [-0.39, 0.29) is 22.9 Å². The van der Waals surface area contributed by atoms with Gasteiger partial charge in [0.05, 0.1) is 0 Å². The van der Waals surface area contributed by atoms with Crippen molar-refractivity contribution in [2.24, 2.45) is 12.2 Å². The van der Waals surface area contributed by atoms with E-state index >= 15 is 0 Å². The Morgan fingerprint density at radius 1 is 1.37 bits per heavy atom. The molecule has 0 N–H and O–H groups in total. The molecule has 0 saturated carbocycles. The van der Waals surface area contributed by atoms with Crippen LogP contribution in [0.2, 0.25) is 0 Å². The van der Waals surface area contributed by atoms with Crippen molar-refractivity contribution in [3.63, 3.8) is 0 Å². The van der Waals surface area contributed by atoms with Gasteiger partial charge in [0.25, 0.3) is 0 Å². The fourth-order valence-corrected chi connectivity index (χ4v) is 3.21. The highest BCUT2D eigenvalue weighted by Crippen LogP contribution is 2.26. The van der Waals surface area contributed by atoms with Crippen LogP contribution in [-0.4, -0.2) is 34.1 Å². The van der Waals surface area contributed by atoms with Gasteiger partial charge in [-0.25, -0.2) is 12.8 Å². The van der Waals surface area contributed by atoms with Crippen molar-refractivity contribution in [2.45, 2.75) is 38.3 Å². The first-order valence-corrected chi connectivity index (χ1v) is 7.31. The summed E-state index contributed by atoms with van der Waals surface area (Å²) in [4.78, 5) is 6.18. The highest BCUT2D eigenvalue weighted by atomic mass is 32.2. The zero-order valence-electron chi connectivity index (χ0n) is 10.9. The molecule has 0 radical (unpaired) electrons. The number of halogens is 1. The lowest BCUT2D eigenvalue weighted by Crippen LogP contribution is -2.23. The second-order valence-electron chi connectivity index (χ2n) is 4.99. The molecule has 0 amide bonds. The molecular weight excluding hydrogens is 275 g/mol. The molecule has 0 spiro atoms. The summed E-state index contributed by atoms with van der Waals surface area (Å²) in [5.74, 6) is -0.418. The summed E-state index contributed by atoms with van der Waals surface area (Å²) in [7, 11) is -2.15. The van der Waals surface area contributed by atoms with Gasteiger partial charge in [-0.2, -0.15) is 15.0 Å². The first-order chi connectivity index (χ1) is 8.73. The average Bonchev–Trinajstić information content (AvgIpc) is 2.81. The van der Waals surface area contributed by atoms with Crippen molar-refractivity contribution in [3.8, 4) is 0 Å². The monoisotopic (exact) mass is 290 g/mol. The minimum Gasteiger partial charge on any atom is -0.389 e. The Hall–Kier alpha value is -1.51. The van der Waals surface area contributed by atoms with Gasteiger partial charge in [0.15, 0.2) is 5.04 Å². The average molecular weight is 290 g/mol. The van der Waals surface area contributed by atoms with Crippen molar-refractivity contribution in [2.75, 3.05) is 0 Å². The molecule has 0 saturated heterocycles. The van der Waals surface area contributed by atoms with E-state index in [9.17, 15) is 12.8 Å². The molecule has 0 aromatic carbocycles. The number of sulfone groups is 1. The zero-order valence-corrected chi connectivity index (χ0v) is 11.7. The van der Waals surface area contributed by atoms with Gasteiger partial charge in [-0.3, -0.25) is 0 Å². The lowest BCUT2D eigenvalue weighted by Gasteiger charge is -2.13. The van der Waals surface area contributed by atoms with Crippen molar-refractivity contribution in [1.82, 2.24) is 15.0 Å². The van der Waals surface area contributed by atoms with E-state index in [1.54, 1.807) is 13.8 Å². The Balaban J connectivity index is 2.23. The number of oxime groups is 1. The first-order valence-electron chi connectivity index (χ1n) is 5.66. The van der Waals surface area contributed by atoms with Crippen LogP contribution >= 0.6 is 0 Å². The van der Waals surface area contributed by atoms with E-state index < -0.39 is 27.9 Å². The fraction of sp³-hybridized carbons (Fsp3) is 0.700. The topological polar surface area (TPSA) is 86.4 Å². The molecular formula is C10H15FN4O3S. The first kappa shape index (κ1) is 13.9. The predicted octanol–water partition coefficient (Wildman–Crippen LogP) is 0.712. The smallest absolute Gasteiger partial charge is 0.200 e. The lowest BCUT2D eigenvalue weighted by molar-refractivity contribution is 0.0123. The van der Waals surface area contributed by atoms with Gasteiger partial charge in [0.2, 0.25) is 9.84 Å². The van der Waals surface area contributed by atoms with E-state index in [0.717, 1.165) is 4.80 Å². The van der Waals surface area contributed by atoms with Crippen LogP contribution in [0.1, 0.15) is 31.7 Å². The van der Waals surface area contributed by atoms with Crippen molar-refractivity contribution in [1.29, 1.82) is 0 Å². The maximum Gasteiger partial charge on any atom is 0.200 e. The number of aryl methyl sites for hydroxylation is 1. The summed E-state index contributed by atoms with van der Waals surface area (Å²) in [6.07, 6.45) is 0.195. The number of hydrogen-bond donors (Lipinski definition) is 0. The zero-order chi connectivity index (χ0) is 14.3. The summed E-state index contributed by atoms with van der Waals surface area (Å²) in [6.45, 7) is 2.63. The summed E-state index contributed by atoms with van der Waals surface area (Å²) in [5, 5.41) is 11.2. The minimum absolute atomic E-state index is 0.0323. The highest BCUT2D eigenvalue weighted by molar-refractivity contribution is 8.05. The Bertz CT molecular complexity index is 621. The predicted molar refractivity (Wildman–Crippen MR) is 65.7 cm³/mol. The summed E-state index contributed by atoms with van der Waals surface area (Å²) in [6, 6.07) is 0. The number of nitrogens with zero attached hydrogens (tertiary/aromatic N) is 4. The van der Waals surface area contributed by atoms with E-state index in [0.29, 0.717) is 0 Å².